The first kappa shape index (κ1) is 18.1. The molecule has 2 heterocycles. The van der Waals surface area contributed by atoms with E-state index in [1.165, 1.54) is 13.2 Å². The SMILES string of the molecule is CNC(=O)NC(=O)C(OC(=O)c1cn2ccc(C)cc2n1)c1ccccc1. The lowest BCUT2D eigenvalue weighted by atomic mass is 10.1. The quantitative estimate of drug-likeness (QED) is 0.688. The fraction of sp³-hybridized carbons (Fsp3) is 0.158. The number of nitrogens with one attached hydrogen (secondary N) is 2. The largest absolute Gasteiger partial charge is 0.442 e. The molecule has 8 nitrogen and oxygen atoms in total. The van der Waals surface area contributed by atoms with Crippen LogP contribution in [0.4, 0.5) is 4.79 Å². The Labute approximate surface area is 155 Å². The smallest absolute Gasteiger partial charge is 0.359 e. The fourth-order valence-electron chi connectivity index (χ4n) is 2.49. The van der Waals surface area contributed by atoms with E-state index < -0.39 is 24.0 Å². The van der Waals surface area contributed by atoms with Crippen molar-refractivity contribution in [3.63, 3.8) is 0 Å². The maximum Gasteiger partial charge on any atom is 0.359 e. The van der Waals surface area contributed by atoms with E-state index in [1.54, 1.807) is 40.9 Å². The van der Waals surface area contributed by atoms with Crippen molar-refractivity contribution in [2.45, 2.75) is 13.0 Å². The molecule has 27 heavy (non-hydrogen) atoms. The number of ether oxygens (including phenoxy) is 1. The van der Waals surface area contributed by atoms with Gasteiger partial charge in [0.05, 0.1) is 0 Å². The molecular weight excluding hydrogens is 348 g/mol. The molecule has 2 N–H and O–H groups in total. The Morgan fingerprint density at radius 3 is 2.59 bits per heavy atom. The van der Waals surface area contributed by atoms with Crippen LogP contribution in [0.1, 0.15) is 27.7 Å². The Bertz CT molecular complexity index is 997. The second-order valence-electron chi connectivity index (χ2n) is 5.86. The Kier molecular flexibility index (Phi) is 5.16. The number of urea groups is 1. The van der Waals surface area contributed by atoms with E-state index in [2.05, 4.69) is 15.6 Å². The zero-order valence-corrected chi connectivity index (χ0v) is 14.8. The van der Waals surface area contributed by atoms with Crippen LogP contribution in [0.25, 0.3) is 5.65 Å². The van der Waals surface area contributed by atoms with Gasteiger partial charge < -0.3 is 14.5 Å². The highest BCUT2D eigenvalue weighted by atomic mass is 16.5. The lowest BCUT2D eigenvalue weighted by Gasteiger charge is -2.16. The second-order valence-corrected chi connectivity index (χ2v) is 5.86. The third-order valence-corrected chi connectivity index (χ3v) is 3.85. The van der Waals surface area contributed by atoms with Crippen LogP contribution in [0, 0.1) is 6.92 Å². The number of imidazole rings is 1. The Hall–Kier alpha value is -3.68. The highest BCUT2D eigenvalue weighted by Crippen LogP contribution is 2.20. The van der Waals surface area contributed by atoms with Crippen molar-refractivity contribution in [1.29, 1.82) is 0 Å². The lowest BCUT2D eigenvalue weighted by molar-refractivity contribution is -0.129. The minimum atomic E-state index is -1.29. The van der Waals surface area contributed by atoms with E-state index in [1.807, 2.05) is 19.1 Å². The molecule has 2 aromatic heterocycles. The maximum absolute atomic E-state index is 12.6. The summed E-state index contributed by atoms with van der Waals surface area (Å²) in [5.41, 5.74) is 2.09. The molecule has 1 aromatic carbocycles. The van der Waals surface area contributed by atoms with Crippen LogP contribution in [0.5, 0.6) is 0 Å². The average Bonchev–Trinajstić information content (AvgIpc) is 3.09. The van der Waals surface area contributed by atoms with Crippen molar-refractivity contribution in [2.24, 2.45) is 0 Å². The van der Waals surface area contributed by atoms with Gasteiger partial charge in [-0.15, -0.1) is 0 Å². The summed E-state index contributed by atoms with van der Waals surface area (Å²) in [6.07, 6.45) is 2.01. The summed E-state index contributed by atoms with van der Waals surface area (Å²) >= 11 is 0. The predicted octanol–water partition coefficient (Wildman–Crippen LogP) is 2.00. The van der Waals surface area contributed by atoms with Crippen LogP contribution >= 0.6 is 0 Å². The molecule has 3 amide bonds. The molecule has 1 atom stereocenters. The number of rotatable bonds is 4. The summed E-state index contributed by atoms with van der Waals surface area (Å²) in [6.45, 7) is 1.92. The van der Waals surface area contributed by atoms with Gasteiger partial charge in [-0.2, -0.15) is 0 Å². The number of amides is 3. The third kappa shape index (κ3) is 4.12. The standard InChI is InChI=1S/C19H18N4O4/c1-12-8-9-23-11-14(21-15(23)10-12)18(25)27-16(13-6-4-3-5-7-13)17(24)22-19(26)20-2/h3-11,16H,1-2H3,(H2,20,22,24,26). The topological polar surface area (TPSA) is 102 Å². The summed E-state index contributed by atoms with van der Waals surface area (Å²) in [6, 6.07) is 11.5. The summed E-state index contributed by atoms with van der Waals surface area (Å²) in [5.74, 6) is -1.52. The molecule has 0 saturated heterocycles. The van der Waals surface area contributed by atoms with Crippen LogP contribution in [-0.2, 0) is 9.53 Å². The molecule has 0 radical (unpaired) electrons. The summed E-state index contributed by atoms with van der Waals surface area (Å²) < 4.78 is 7.07. The molecule has 3 aromatic rings. The van der Waals surface area contributed by atoms with Crippen molar-refractivity contribution < 1.29 is 19.1 Å². The second kappa shape index (κ2) is 7.69. The molecule has 0 aliphatic rings. The highest BCUT2D eigenvalue weighted by Gasteiger charge is 2.27. The Balaban J connectivity index is 1.86. The van der Waals surface area contributed by atoms with Crippen molar-refractivity contribution in [3.8, 4) is 0 Å². The molecule has 3 rings (SSSR count). The van der Waals surface area contributed by atoms with E-state index >= 15 is 0 Å². The van der Waals surface area contributed by atoms with Crippen molar-refractivity contribution >= 4 is 23.6 Å². The van der Waals surface area contributed by atoms with E-state index in [9.17, 15) is 14.4 Å². The zero-order chi connectivity index (χ0) is 19.4. The fourth-order valence-corrected chi connectivity index (χ4v) is 2.49. The molecule has 0 aliphatic heterocycles. The van der Waals surface area contributed by atoms with E-state index in [0.29, 0.717) is 11.2 Å². The summed E-state index contributed by atoms with van der Waals surface area (Å²) in [7, 11) is 1.38. The maximum atomic E-state index is 12.6. The normalized spacial score (nSPS) is 11.6. The number of fused-ring (bicyclic) bond motifs is 1. The van der Waals surface area contributed by atoms with Gasteiger partial charge in [-0.05, 0) is 24.6 Å². The van der Waals surface area contributed by atoms with Gasteiger partial charge in [-0.25, -0.2) is 14.6 Å². The number of nitrogens with zero attached hydrogens (tertiary/aromatic N) is 2. The number of pyridine rings is 1. The van der Waals surface area contributed by atoms with Gasteiger partial charge in [0.1, 0.15) is 5.65 Å². The van der Waals surface area contributed by atoms with Gasteiger partial charge in [0.15, 0.2) is 5.69 Å². The first-order valence-corrected chi connectivity index (χ1v) is 8.22. The van der Waals surface area contributed by atoms with Crippen molar-refractivity contribution in [2.75, 3.05) is 7.05 Å². The zero-order valence-electron chi connectivity index (χ0n) is 14.8. The number of benzene rings is 1. The number of esters is 1. The molecule has 0 aliphatic carbocycles. The van der Waals surface area contributed by atoms with E-state index in [0.717, 1.165) is 5.56 Å². The number of carbonyl (C=O) groups is 3. The molecule has 0 saturated carbocycles. The van der Waals surface area contributed by atoms with Gasteiger partial charge in [0, 0.05) is 25.0 Å². The number of carbonyl (C=O) groups excluding carboxylic acids is 3. The predicted molar refractivity (Wildman–Crippen MR) is 97.1 cm³/mol. The van der Waals surface area contributed by atoms with E-state index in [-0.39, 0.29) is 5.69 Å². The minimum Gasteiger partial charge on any atom is -0.442 e. The van der Waals surface area contributed by atoms with Crippen LogP contribution in [-0.4, -0.2) is 34.3 Å². The number of hydrogen-bond donors (Lipinski definition) is 2. The van der Waals surface area contributed by atoms with Gasteiger partial charge in [-0.3, -0.25) is 10.1 Å². The first-order chi connectivity index (χ1) is 13.0. The Morgan fingerprint density at radius 1 is 1.15 bits per heavy atom. The van der Waals surface area contributed by atoms with Gasteiger partial charge >= 0.3 is 12.0 Å². The van der Waals surface area contributed by atoms with Gasteiger partial charge in [0.25, 0.3) is 5.91 Å². The monoisotopic (exact) mass is 366 g/mol. The summed E-state index contributed by atoms with van der Waals surface area (Å²) in [4.78, 5) is 40.7. The number of imide groups is 1. The van der Waals surface area contributed by atoms with Crippen LogP contribution < -0.4 is 10.6 Å². The first-order valence-electron chi connectivity index (χ1n) is 8.22. The number of aryl methyl sites for hydroxylation is 1. The number of aromatic nitrogens is 2. The Morgan fingerprint density at radius 2 is 1.89 bits per heavy atom. The third-order valence-electron chi connectivity index (χ3n) is 3.85. The summed E-state index contributed by atoms with van der Waals surface area (Å²) in [5, 5.41) is 4.41. The molecule has 0 fully saturated rings. The van der Waals surface area contributed by atoms with Gasteiger partial charge in [-0.1, -0.05) is 30.3 Å². The van der Waals surface area contributed by atoms with Gasteiger partial charge in [0.2, 0.25) is 6.10 Å². The average molecular weight is 366 g/mol. The van der Waals surface area contributed by atoms with Crippen LogP contribution in [0.15, 0.2) is 54.9 Å². The molecule has 8 heteroatoms. The van der Waals surface area contributed by atoms with E-state index in [4.69, 9.17) is 4.74 Å². The molecular formula is C19H18N4O4. The minimum absolute atomic E-state index is 0.0641. The number of hydrogen-bond acceptors (Lipinski definition) is 5. The molecule has 138 valence electrons. The van der Waals surface area contributed by atoms with Crippen molar-refractivity contribution in [3.05, 3.63) is 71.7 Å². The van der Waals surface area contributed by atoms with Crippen molar-refractivity contribution in [1.82, 2.24) is 20.0 Å². The molecule has 0 spiro atoms. The molecule has 0 bridgehead atoms. The van der Waals surface area contributed by atoms with Crippen LogP contribution in [0.3, 0.4) is 0 Å². The highest BCUT2D eigenvalue weighted by molar-refractivity contribution is 5.98. The van der Waals surface area contributed by atoms with Crippen LogP contribution in [0.2, 0.25) is 0 Å². The molecule has 1 unspecified atom stereocenters. The lowest BCUT2D eigenvalue weighted by Crippen LogP contribution is -2.41.